The van der Waals surface area contributed by atoms with Gasteiger partial charge in [-0.15, -0.1) is 0 Å². The van der Waals surface area contributed by atoms with Crippen molar-refractivity contribution in [1.82, 2.24) is 0 Å². The summed E-state index contributed by atoms with van der Waals surface area (Å²) in [7, 11) is 0. The van der Waals surface area contributed by atoms with Crippen LogP contribution in [-0.2, 0) is 4.79 Å². The number of ketones is 1. The molecule has 21 heavy (non-hydrogen) atoms. The molecule has 0 saturated carbocycles. The van der Waals surface area contributed by atoms with Gasteiger partial charge in [0.05, 0.1) is 13.1 Å². The second-order valence-corrected chi connectivity index (χ2v) is 6.19. The third-order valence-electron chi connectivity index (χ3n) is 4.46. The monoisotopic (exact) mass is 289 g/mol. The number of hydrogen-bond acceptors (Lipinski definition) is 2. The Hall–Kier alpha value is -1.68. The van der Waals surface area contributed by atoms with Gasteiger partial charge in [-0.2, -0.15) is 0 Å². The second kappa shape index (κ2) is 6.85. The first-order valence-corrected chi connectivity index (χ1v) is 7.74. The van der Waals surface area contributed by atoms with E-state index >= 15 is 0 Å². The third-order valence-corrected chi connectivity index (χ3v) is 4.46. The zero-order valence-corrected chi connectivity index (χ0v) is 13.1. The van der Waals surface area contributed by atoms with Crippen LogP contribution in [0.3, 0.4) is 0 Å². The van der Waals surface area contributed by atoms with Gasteiger partial charge in [0.2, 0.25) is 0 Å². The lowest BCUT2D eigenvalue weighted by atomic mass is 9.98. The van der Waals surface area contributed by atoms with Gasteiger partial charge < -0.3 is 10.2 Å². The number of quaternary nitrogens is 1. The lowest BCUT2D eigenvalue weighted by Gasteiger charge is -2.31. The Balaban J connectivity index is 1.97. The summed E-state index contributed by atoms with van der Waals surface area (Å²) in [6.07, 6.45) is 2.37. The molecular weight excluding hydrogens is 264 g/mol. The van der Waals surface area contributed by atoms with Crippen LogP contribution in [0.2, 0.25) is 0 Å². The maximum absolute atomic E-state index is 12.4. The molecule has 1 aromatic carbocycles. The van der Waals surface area contributed by atoms with Gasteiger partial charge in [0.15, 0.2) is 11.8 Å². The maximum Gasteiger partial charge on any atom is 0.282 e. The van der Waals surface area contributed by atoms with Gasteiger partial charge in [-0.05, 0) is 44.7 Å². The van der Waals surface area contributed by atoms with E-state index in [4.69, 9.17) is 0 Å². The Labute approximate surface area is 126 Å². The van der Waals surface area contributed by atoms with E-state index in [-0.39, 0.29) is 17.7 Å². The Morgan fingerprint density at radius 2 is 1.95 bits per heavy atom. The van der Waals surface area contributed by atoms with E-state index in [0.717, 1.165) is 19.0 Å². The van der Waals surface area contributed by atoms with Crippen LogP contribution in [0.4, 0.5) is 5.69 Å². The van der Waals surface area contributed by atoms with Gasteiger partial charge in [-0.25, -0.2) is 0 Å². The van der Waals surface area contributed by atoms with Crippen molar-refractivity contribution in [1.29, 1.82) is 0 Å². The van der Waals surface area contributed by atoms with E-state index in [0.29, 0.717) is 11.3 Å². The second-order valence-electron chi connectivity index (χ2n) is 6.19. The number of benzene rings is 1. The van der Waals surface area contributed by atoms with Crippen molar-refractivity contribution in [2.45, 2.75) is 39.7 Å². The summed E-state index contributed by atoms with van der Waals surface area (Å²) in [5.74, 6) is 0.811. The van der Waals surface area contributed by atoms with Crippen LogP contribution in [0.25, 0.3) is 0 Å². The summed E-state index contributed by atoms with van der Waals surface area (Å²) < 4.78 is 0. The molecule has 1 saturated heterocycles. The quantitative estimate of drug-likeness (QED) is 0.826. The summed E-state index contributed by atoms with van der Waals surface area (Å²) in [4.78, 5) is 25.1. The molecule has 1 fully saturated rings. The first-order chi connectivity index (χ1) is 9.97. The fourth-order valence-corrected chi connectivity index (χ4v) is 2.82. The van der Waals surface area contributed by atoms with Crippen molar-refractivity contribution < 1.29 is 14.5 Å². The van der Waals surface area contributed by atoms with E-state index in [1.807, 2.05) is 13.0 Å². The molecule has 0 unspecified atom stereocenters. The SMILES string of the molecule is CC(=O)c1cccc(NC(=O)[C@H](C)[NH+]2CCC(C)CC2)c1. The summed E-state index contributed by atoms with van der Waals surface area (Å²) in [5, 5.41) is 2.93. The molecule has 2 rings (SSSR count). The molecule has 1 heterocycles. The lowest BCUT2D eigenvalue weighted by molar-refractivity contribution is -0.919. The molecule has 1 aromatic rings. The standard InChI is InChI=1S/C17H24N2O2/c1-12-7-9-19(10-8-12)13(2)17(21)18-16-6-4-5-15(11-16)14(3)20/h4-6,11-13H,7-10H2,1-3H3,(H,18,21)/p+1/t13-/m0/s1. The van der Waals surface area contributed by atoms with Gasteiger partial charge in [0.25, 0.3) is 5.91 Å². The van der Waals surface area contributed by atoms with Crippen LogP contribution >= 0.6 is 0 Å². The van der Waals surface area contributed by atoms with Gasteiger partial charge >= 0.3 is 0 Å². The van der Waals surface area contributed by atoms with E-state index in [2.05, 4.69) is 12.2 Å². The van der Waals surface area contributed by atoms with Crippen LogP contribution in [0.15, 0.2) is 24.3 Å². The van der Waals surface area contributed by atoms with E-state index in [9.17, 15) is 9.59 Å². The van der Waals surface area contributed by atoms with Crippen molar-refractivity contribution >= 4 is 17.4 Å². The third kappa shape index (κ3) is 4.14. The Bertz CT molecular complexity index is 519. The van der Waals surface area contributed by atoms with Gasteiger partial charge in [0, 0.05) is 11.3 Å². The molecule has 0 radical (unpaired) electrons. The Kier molecular flexibility index (Phi) is 5.12. The number of hydrogen-bond donors (Lipinski definition) is 2. The smallest absolute Gasteiger partial charge is 0.282 e. The van der Waals surface area contributed by atoms with E-state index < -0.39 is 0 Å². The molecule has 1 aliphatic heterocycles. The highest BCUT2D eigenvalue weighted by Gasteiger charge is 2.28. The molecule has 2 N–H and O–H groups in total. The first-order valence-electron chi connectivity index (χ1n) is 7.74. The maximum atomic E-state index is 12.4. The van der Waals surface area contributed by atoms with Crippen molar-refractivity contribution in [3.8, 4) is 0 Å². The number of Topliss-reactive ketones (excluding diaryl/α,β-unsaturated/α-hetero) is 1. The number of anilines is 1. The predicted octanol–water partition coefficient (Wildman–Crippen LogP) is 1.53. The molecule has 1 atom stereocenters. The molecule has 1 aliphatic rings. The van der Waals surface area contributed by atoms with Crippen LogP contribution in [0.5, 0.6) is 0 Å². The average molecular weight is 289 g/mol. The number of carbonyl (C=O) groups excluding carboxylic acids is 2. The molecule has 114 valence electrons. The minimum absolute atomic E-state index is 0.00907. The zero-order chi connectivity index (χ0) is 15.4. The average Bonchev–Trinajstić information content (AvgIpc) is 2.47. The number of likely N-dealkylation sites (tertiary alicyclic amines) is 1. The summed E-state index contributed by atoms with van der Waals surface area (Å²) in [6.45, 7) is 7.90. The van der Waals surface area contributed by atoms with Crippen LogP contribution in [0, 0.1) is 5.92 Å². The molecule has 0 bridgehead atoms. The fraction of sp³-hybridized carbons (Fsp3) is 0.529. The number of carbonyl (C=O) groups is 2. The highest BCUT2D eigenvalue weighted by Crippen LogP contribution is 2.12. The largest absolute Gasteiger partial charge is 0.325 e. The van der Waals surface area contributed by atoms with Gasteiger partial charge in [0.1, 0.15) is 0 Å². The van der Waals surface area contributed by atoms with Gasteiger partial charge in [-0.3, -0.25) is 9.59 Å². The predicted molar refractivity (Wildman–Crippen MR) is 83.6 cm³/mol. The van der Waals surface area contributed by atoms with E-state index in [1.165, 1.54) is 24.7 Å². The Morgan fingerprint density at radius 3 is 2.57 bits per heavy atom. The summed E-state index contributed by atoms with van der Waals surface area (Å²) >= 11 is 0. The fourth-order valence-electron chi connectivity index (χ4n) is 2.82. The molecule has 4 heteroatoms. The molecule has 0 aliphatic carbocycles. The van der Waals surface area contributed by atoms with E-state index in [1.54, 1.807) is 18.2 Å². The normalized spacial score (nSPS) is 23.4. The molecule has 1 amide bonds. The lowest BCUT2D eigenvalue weighted by Crippen LogP contribution is -3.17. The molecule has 0 spiro atoms. The number of rotatable bonds is 4. The van der Waals surface area contributed by atoms with Crippen molar-refractivity contribution in [3.63, 3.8) is 0 Å². The molecular formula is C17H25N2O2+. The van der Waals surface area contributed by atoms with Crippen molar-refractivity contribution in [2.24, 2.45) is 5.92 Å². The minimum atomic E-state index is -0.0570. The van der Waals surface area contributed by atoms with Crippen molar-refractivity contribution in [2.75, 3.05) is 18.4 Å². The molecule has 0 aromatic heterocycles. The van der Waals surface area contributed by atoms with Crippen LogP contribution in [-0.4, -0.2) is 30.8 Å². The summed E-state index contributed by atoms with van der Waals surface area (Å²) in [5.41, 5.74) is 1.32. The number of amides is 1. The number of piperidine rings is 1. The van der Waals surface area contributed by atoms with Crippen molar-refractivity contribution in [3.05, 3.63) is 29.8 Å². The van der Waals surface area contributed by atoms with Crippen LogP contribution < -0.4 is 10.2 Å². The summed E-state index contributed by atoms with van der Waals surface area (Å²) in [6, 6.07) is 7.06. The highest BCUT2D eigenvalue weighted by molar-refractivity contribution is 5.97. The minimum Gasteiger partial charge on any atom is -0.325 e. The first kappa shape index (κ1) is 15.7. The number of nitrogens with one attached hydrogen (secondary N) is 2. The Morgan fingerprint density at radius 1 is 1.29 bits per heavy atom. The highest BCUT2D eigenvalue weighted by atomic mass is 16.2. The van der Waals surface area contributed by atoms with Gasteiger partial charge in [-0.1, -0.05) is 19.1 Å². The zero-order valence-electron chi connectivity index (χ0n) is 13.1. The topological polar surface area (TPSA) is 50.6 Å². The van der Waals surface area contributed by atoms with Crippen LogP contribution in [0.1, 0.15) is 44.0 Å². The molecule has 4 nitrogen and oxygen atoms in total.